The summed E-state index contributed by atoms with van der Waals surface area (Å²) in [7, 11) is 0. The molecule has 22 heavy (non-hydrogen) atoms. The Kier molecular flexibility index (Phi) is 5.01. The van der Waals surface area contributed by atoms with E-state index in [1.165, 1.54) is 6.07 Å². The van der Waals surface area contributed by atoms with Crippen molar-refractivity contribution >= 4 is 16.9 Å². The van der Waals surface area contributed by atoms with Gasteiger partial charge in [0.15, 0.2) is 0 Å². The molecule has 0 aliphatic rings. The van der Waals surface area contributed by atoms with Crippen molar-refractivity contribution in [1.82, 2.24) is 0 Å². The number of aryl methyl sites for hydroxylation is 1. The summed E-state index contributed by atoms with van der Waals surface area (Å²) >= 11 is 0. The van der Waals surface area contributed by atoms with Gasteiger partial charge < -0.3 is 9.47 Å². The Balaban J connectivity index is 2.61. The predicted octanol–water partition coefficient (Wildman–Crippen LogP) is 5.20. The zero-order chi connectivity index (χ0) is 16.3. The number of halogens is 1. The summed E-state index contributed by atoms with van der Waals surface area (Å²) in [5.41, 5.74) is 1.66. The van der Waals surface area contributed by atoms with Gasteiger partial charge in [0.25, 0.3) is 0 Å². The van der Waals surface area contributed by atoms with E-state index < -0.39 is 6.16 Å². The van der Waals surface area contributed by atoms with Crippen LogP contribution in [0.2, 0.25) is 0 Å². The molecule has 0 unspecified atom stereocenters. The van der Waals surface area contributed by atoms with Gasteiger partial charge in [0, 0.05) is 0 Å². The molecule has 0 aliphatic carbocycles. The first-order chi connectivity index (χ1) is 10.5. The van der Waals surface area contributed by atoms with E-state index in [0.29, 0.717) is 17.7 Å². The average Bonchev–Trinajstić information content (AvgIpc) is 2.46. The van der Waals surface area contributed by atoms with E-state index in [9.17, 15) is 9.18 Å². The monoisotopic (exact) mass is 304 g/mol. The fourth-order valence-corrected chi connectivity index (χ4v) is 2.63. The van der Waals surface area contributed by atoms with Crippen LogP contribution in [0.15, 0.2) is 24.3 Å². The van der Waals surface area contributed by atoms with Crippen LogP contribution < -0.4 is 4.74 Å². The zero-order valence-corrected chi connectivity index (χ0v) is 13.4. The molecule has 0 N–H and O–H groups in total. The third kappa shape index (κ3) is 3.21. The standard InChI is InChI=1S/C18H21FO3/c1-5-14-16(19)8-7-12-9-13(22-18(20)21-6-2)10-15(11(3)4)17(12)14/h7-11H,5-6H2,1-4H3. The van der Waals surface area contributed by atoms with Gasteiger partial charge >= 0.3 is 6.16 Å². The molecule has 0 fully saturated rings. The van der Waals surface area contributed by atoms with E-state index >= 15 is 0 Å². The molecule has 0 aromatic heterocycles. The second kappa shape index (κ2) is 6.77. The van der Waals surface area contributed by atoms with E-state index in [1.54, 1.807) is 25.1 Å². The van der Waals surface area contributed by atoms with Crippen LogP contribution in [0.5, 0.6) is 5.75 Å². The van der Waals surface area contributed by atoms with Crippen molar-refractivity contribution in [1.29, 1.82) is 0 Å². The largest absolute Gasteiger partial charge is 0.513 e. The number of rotatable bonds is 4. The first-order valence-electron chi connectivity index (χ1n) is 7.57. The van der Waals surface area contributed by atoms with Crippen molar-refractivity contribution in [2.24, 2.45) is 0 Å². The van der Waals surface area contributed by atoms with Crippen LogP contribution in [0, 0.1) is 5.82 Å². The van der Waals surface area contributed by atoms with Gasteiger partial charge in [0.1, 0.15) is 11.6 Å². The van der Waals surface area contributed by atoms with Crippen LogP contribution in [0.4, 0.5) is 9.18 Å². The van der Waals surface area contributed by atoms with Crippen LogP contribution in [-0.4, -0.2) is 12.8 Å². The molecule has 3 nitrogen and oxygen atoms in total. The predicted molar refractivity (Wildman–Crippen MR) is 85.0 cm³/mol. The minimum absolute atomic E-state index is 0.181. The highest BCUT2D eigenvalue weighted by molar-refractivity contribution is 5.91. The molecule has 0 saturated heterocycles. The van der Waals surface area contributed by atoms with Gasteiger partial charge in [0.2, 0.25) is 0 Å². The second-order valence-corrected chi connectivity index (χ2v) is 5.43. The van der Waals surface area contributed by atoms with E-state index in [2.05, 4.69) is 0 Å². The summed E-state index contributed by atoms with van der Waals surface area (Å²) < 4.78 is 24.1. The van der Waals surface area contributed by atoms with Crippen LogP contribution in [-0.2, 0) is 11.2 Å². The van der Waals surface area contributed by atoms with Gasteiger partial charge in [0.05, 0.1) is 6.61 Å². The summed E-state index contributed by atoms with van der Waals surface area (Å²) in [6.45, 7) is 7.98. The summed E-state index contributed by atoms with van der Waals surface area (Å²) in [6.07, 6.45) is -0.115. The molecule has 0 atom stereocenters. The Bertz CT molecular complexity index is 692. The molecule has 0 heterocycles. The smallest absolute Gasteiger partial charge is 0.434 e. The summed E-state index contributed by atoms with van der Waals surface area (Å²) in [5.74, 6) is 0.402. The number of carbonyl (C=O) groups is 1. The molecule has 4 heteroatoms. The molecule has 2 aromatic carbocycles. The highest BCUT2D eigenvalue weighted by atomic mass is 19.1. The van der Waals surface area contributed by atoms with Crippen molar-refractivity contribution in [3.63, 3.8) is 0 Å². The minimum atomic E-state index is -0.727. The SMILES string of the molecule is CCOC(=O)Oc1cc(C(C)C)c2c(CC)c(F)ccc2c1. The van der Waals surface area contributed by atoms with E-state index in [-0.39, 0.29) is 18.3 Å². The Hall–Kier alpha value is -2.10. The highest BCUT2D eigenvalue weighted by Gasteiger charge is 2.16. The van der Waals surface area contributed by atoms with Crippen LogP contribution >= 0.6 is 0 Å². The van der Waals surface area contributed by atoms with Gasteiger partial charge in [-0.1, -0.05) is 26.8 Å². The number of benzene rings is 2. The maximum Gasteiger partial charge on any atom is 0.513 e. The molecular formula is C18H21FO3. The van der Waals surface area contributed by atoms with Crippen LogP contribution in [0.25, 0.3) is 10.8 Å². The van der Waals surface area contributed by atoms with Crippen molar-refractivity contribution < 1.29 is 18.7 Å². The van der Waals surface area contributed by atoms with E-state index in [0.717, 1.165) is 16.3 Å². The van der Waals surface area contributed by atoms with Crippen LogP contribution in [0.1, 0.15) is 44.7 Å². The highest BCUT2D eigenvalue weighted by Crippen LogP contribution is 2.34. The lowest BCUT2D eigenvalue weighted by Gasteiger charge is -2.16. The number of fused-ring (bicyclic) bond motifs is 1. The van der Waals surface area contributed by atoms with Crippen molar-refractivity contribution in [2.45, 2.75) is 40.0 Å². The molecule has 0 radical (unpaired) electrons. The summed E-state index contributed by atoms with van der Waals surface area (Å²) in [5, 5.41) is 1.78. The number of carbonyl (C=O) groups excluding carboxylic acids is 1. The topological polar surface area (TPSA) is 35.5 Å². The zero-order valence-electron chi connectivity index (χ0n) is 13.4. The Morgan fingerprint density at radius 1 is 1.23 bits per heavy atom. The summed E-state index contributed by atoms with van der Waals surface area (Å²) in [4.78, 5) is 11.5. The number of hydrogen-bond acceptors (Lipinski definition) is 3. The quantitative estimate of drug-likeness (QED) is 0.575. The second-order valence-electron chi connectivity index (χ2n) is 5.43. The third-order valence-electron chi connectivity index (χ3n) is 3.61. The molecule has 0 amide bonds. The first-order valence-corrected chi connectivity index (χ1v) is 7.57. The molecule has 0 aliphatic heterocycles. The molecule has 118 valence electrons. The molecule has 0 bridgehead atoms. The molecule has 2 aromatic rings. The van der Waals surface area contributed by atoms with Gasteiger partial charge in [-0.3, -0.25) is 0 Å². The summed E-state index contributed by atoms with van der Waals surface area (Å²) in [6, 6.07) is 6.71. The lowest BCUT2D eigenvalue weighted by atomic mass is 9.91. The minimum Gasteiger partial charge on any atom is -0.434 e. The maximum absolute atomic E-state index is 14.1. The average molecular weight is 304 g/mol. The fraction of sp³-hybridized carbons (Fsp3) is 0.389. The normalized spacial score (nSPS) is 11.0. The fourth-order valence-electron chi connectivity index (χ4n) is 2.63. The van der Waals surface area contributed by atoms with Crippen molar-refractivity contribution in [3.05, 3.63) is 41.2 Å². The Morgan fingerprint density at radius 2 is 1.95 bits per heavy atom. The number of ether oxygens (including phenoxy) is 2. The van der Waals surface area contributed by atoms with Gasteiger partial charge in [-0.05, 0) is 59.4 Å². The number of hydrogen-bond donors (Lipinski definition) is 0. The van der Waals surface area contributed by atoms with Crippen molar-refractivity contribution in [3.8, 4) is 5.75 Å². The molecular weight excluding hydrogens is 283 g/mol. The molecule has 0 saturated carbocycles. The van der Waals surface area contributed by atoms with Gasteiger partial charge in [-0.15, -0.1) is 0 Å². The first kappa shape index (κ1) is 16.3. The Labute approximate surface area is 130 Å². The van der Waals surface area contributed by atoms with Gasteiger partial charge in [-0.25, -0.2) is 9.18 Å². The molecule has 2 rings (SSSR count). The van der Waals surface area contributed by atoms with E-state index in [4.69, 9.17) is 9.47 Å². The lowest BCUT2D eigenvalue weighted by molar-refractivity contribution is 0.104. The van der Waals surface area contributed by atoms with Crippen LogP contribution in [0.3, 0.4) is 0 Å². The van der Waals surface area contributed by atoms with Gasteiger partial charge in [-0.2, -0.15) is 0 Å². The third-order valence-corrected chi connectivity index (χ3v) is 3.61. The Morgan fingerprint density at radius 3 is 2.55 bits per heavy atom. The molecule has 0 spiro atoms. The van der Waals surface area contributed by atoms with Crippen molar-refractivity contribution in [2.75, 3.05) is 6.61 Å². The van der Waals surface area contributed by atoms with E-state index in [1.807, 2.05) is 20.8 Å². The maximum atomic E-state index is 14.1. The lowest BCUT2D eigenvalue weighted by Crippen LogP contribution is -2.10.